The van der Waals surface area contributed by atoms with E-state index in [-0.39, 0.29) is 11.4 Å². The molecule has 1 aliphatic heterocycles. The number of H-pyrrole nitrogens is 1. The van der Waals surface area contributed by atoms with E-state index in [4.69, 9.17) is 0 Å². The minimum atomic E-state index is -0.269. The molecular weight excluding hydrogens is 242 g/mol. The van der Waals surface area contributed by atoms with Crippen LogP contribution in [0.3, 0.4) is 0 Å². The van der Waals surface area contributed by atoms with Gasteiger partial charge in [-0.15, -0.1) is 0 Å². The number of rotatable bonds is 2. The third-order valence-electron chi connectivity index (χ3n) is 3.48. The number of para-hydroxylation sites is 1. The average Bonchev–Trinajstić information content (AvgIpc) is 2.82. The fraction of sp³-hybridized carbons (Fsp3) is 0.286. The second-order valence-corrected chi connectivity index (χ2v) is 4.58. The van der Waals surface area contributed by atoms with Crippen LogP contribution in [0.25, 0.3) is 0 Å². The summed E-state index contributed by atoms with van der Waals surface area (Å²) in [6.07, 6.45) is 1.38. The van der Waals surface area contributed by atoms with Crippen LogP contribution in [0.1, 0.15) is 18.1 Å². The van der Waals surface area contributed by atoms with Crippen molar-refractivity contribution in [1.29, 1.82) is 0 Å². The minimum absolute atomic E-state index is 0.175. The Bertz CT molecular complexity index is 679. The molecule has 5 nitrogen and oxygen atoms in total. The van der Waals surface area contributed by atoms with Crippen molar-refractivity contribution in [3.63, 3.8) is 0 Å². The molecule has 19 heavy (non-hydrogen) atoms. The van der Waals surface area contributed by atoms with Gasteiger partial charge in [0.2, 0.25) is 11.8 Å². The zero-order chi connectivity index (χ0) is 13.4. The first-order chi connectivity index (χ1) is 9.20. The van der Waals surface area contributed by atoms with Crippen molar-refractivity contribution in [3.05, 3.63) is 45.7 Å². The number of anilines is 2. The smallest absolute Gasteiger partial charge is 0.259 e. The lowest BCUT2D eigenvalue weighted by Crippen LogP contribution is -2.22. The van der Waals surface area contributed by atoms with Crippen LogP contribution in [0, 0.1) is 0 Å². The molecule has 0 amide bonds. The number of hydrogen-bond donors (Lipinski definition) is 2. The zero-order valence-electron chi connectivity index (χ0n) is 10.7. The Morgan fingerprint density at radius 3 is 2.95 bits per heavy atom. The van der Waals surface area contributed by atoms with E-state index in [0.717, 1.165) is 18.7 Å². The highest BCUT2D eigenvalue weighted by molar-refractivity contribution is 5.65. The second-order valence-electron chi connectivity index (χ2n) is 4.58. The van der Waals surface area contributed by atoms with Crippen molar-refractivity contribution in [2.75, 3.05) is 11.4 Å². The zero-order valence-corrected chi connectivity index (χ0v) is 10.7. The molecule has 1 aromatic heterocycles. The first kappa shape index (κ1) is 11.8. The van der Waals surface area contributed by atoms with Gasteiger partial charge < -0.3 is 10.0 Å². The van der Waals surface area contributed by atoms with Crippen molar-refractivity contribution >= 4 is 11.6 Å². The van der Waals surface area contributed by atoms with Gasteiger partial charge in [-0.05, 0) is 24.5 Å². The quantitative estimate of drug-likeness (QED) is 0.859. The minimum Gasteiger partial charge on any atom is -0.493 e. The number of nitrogens with zero attached hydrogens (tertiary/aromatic N) is 2. The molecule has 5 heteroatoms. The maximum atomic E-state index is 11.9. The van der Waals surface area contributed by atoms with Gasteiger partial charge in [-0.2, -0.15) is 4.98 Å². The summed E-state index contributed by atoms with van der Waals surface area (Å²) in [6.45, 7) is 2.57. The van der Waals surface area contributed by atoms with Crippen LogP contribution in [0.4, 0.5) is 11.6 Å². The Labute approximate surface area is 110 Å². The predicted molar refractivity (Wildman–Crippen MR) is 73.1 cm³/mol. The molecule has 0 bridgehead atoms. The molecule has 0 saturated heterocycles. The van der Waals surface area contributed by atoms with Gasteiger partial charge in [0.25, 0.3) is 5.56 Å². The molecule has 1 aromatic carbocycles. The molecule has 2 N–H and O–H groups in total. The van der Waals surface area contributed by atoms with E-state index in [0.29, 0.717) is 17.9 Å². The third-order valence-corrected chi connectivity index (χ3v) is 3.48. The lowest BCUT2D eigenvalue weighted by atomic mass is 10.2. The number of aromatic hydroxyl groups is 1. The summed E-state index contributed by atoms with van der Waals surface area (Å²) in [4.78, 5) is 20.7. The molecule has 0 aliphatic carbocycles. The van der Waals surface area contributed by atoms with Gasteiger partial charge in [-0.25, -0.2) is 0 Å². The van der Waals surface area contributed by atoms with E-state index in [9.17, 15) is 9.90 Å². The van der Waals surface area contributed by atoms with E-state index in [1.807, 2.05) is 30.0 Å². The van der Waals surface area contributed by atoms with E-state index < -0.39 is 0 Å². The Morgan fingerprint density at radius 2 is 2.21 bits per heavy atom. The molecule has 0 fully saturated rings. The summed E-state index contributed by atoms with van der Waals surface area (Å²) < 4.78 is 0. The van der Waals surface area contributed by atoms with Gasteiger partial charge in [0.15, 0.2) is 0 Å². The molecule has 2 aromatic rings. The number of aromatic amines is 1. The molecule has 0 saturated carbocycles. The molecule has 0 atom stereocenters. The molecule has 0 spiro atoms. The van der Waals surface area contributed by atoms with Gasteiger partial charge >= 0.3 is 0 Å². The first-order valence-electron chi connectivity index (χ1n) is 6.38. The maximum absolute atomic E-state index is 11.9. The number of nitrogens with one attached hydrogen (secondary N) is 1. The molecule has 3 rings (SSSR count). The monoisotopic (exact) mass is 257 g/mol. The van der Waals surface area contributed by atoms with Crippen molar-refractivity contribution in [2.24, 2.45) is 0 Å². The van der Waals surface area contributed by atoms with Crippen LogP contribution in [0.2, 0.25) is 0 Å². The van der Waals surface area contributed by atoms with Gasteiger partial charge in [0.05, 0.1) is 5.56 Å². The highest BCUT2D eigenvalue weighted by Gasteiger charge is 2.22. The fourth-order valence-corrected chi connectivity index (χ4v) is 2.48. The molecule has 0 radical (unpaired) electrons. The van der Waals surface area contributed by atoms with Crippen molar-refractivity contribution in [3.8, 4) is 5.88 Å². The Morgan fingerprint density at radius 1 is 1.42 bits per heavy atom. The van der Waals surface area contributed by atoms with Crippen LogP contribution in [-0.4, -0.2) is 21.6 Å². The van der Waals surface area contributed by atoms with Crippen LogP contribution in [-0.2, 0) is 12.8 Å². The maximum Gasteiger partial charge on any atom is 0.259 e. The summed E-state index contributed by atoms with van der Waals surface area (Å²) in [5, 5.41) is 9.82. The Hall–Kier alpha value is -2.30. The summed E-state index contributed by atoms with van der Waals surface area (Å²) >= 11 is 0. The summed E-state index contributed by atoms with van der Waals surface area (Å²) in [7, 11) is 0. The van der Waals surface area contributed by atoms with Crippen molar-refractivity contribution in [2.45, 2.75) is 19.8 Å². The van der Waals surface area contributed by atoms with Crippen LogP contribution in [0.5, 0.6) is 5.88 Å². The summed E-state index contributed by atoms with van der Waals surface area (Å²) in [5.41, 5.74) is 2.32. The SMILES string of the molecule is CCc1c(O)nc(N2CCc3ccccc32)[nH]c1=O. The lowest BCUT2D eigenvalue weighted by molar-refractivity contribution is 0.444. The standard InChI is InChI=1S/C14H15N3O2/c1-2-10-12(18)15-14(16-13(10)19)17-8-7-9-5-3-4-6-11(9)17/h3-6H,2,7-8H2,1H3,(H2,15,16,18,19). The predicted octanol–water partition coefficient (Wildman–Crippen LogP) is 1.73. The molecule has 2 heterocycles. The topological polar surface area (TPSA) is 69.2 Å². The highest BCUT2D eigenvalue weighted by Crippen LogP contribution is 2.32. The normalized spacial score (nSPS) is 13.6. The number of aromatic nitrogens is 2. The Kier molecular flexibility index (Phi) is 2.74. The van der Waals surface area contributed by atoms with Crippen LogP contribution in [0.15, 0.2) is 29.1 Å². The van der Waals surface area contributed by atoms with Crippen LogP contribution < -0.4 is 10.5 Å². The van der Waals surface area contributed by atoms with E-state index in [2.05, 4.69) is 16.0 Å². The molecular formula is C14H15N3O2. The lowest BCUT2D eigenvalue weighted by Gasteiger charge is -2.18. The van der Waals surface area contributed by atoms with E-state index in [1.165, 1.54) is 5.56 Å². The van der Waals surface area contributed by atoms with E-state index >= 15 is 0 Å². The molecule has 1 aliphatic rings. The van der Waals surface area contributed by atoms with Gasteiger partial charge in [-0.1, -0.05) is 25.1 Å². The third kappa shape index (κ3) is 1.87. The van der Waals surface area contributed by atoms with Crippen molar-refractivity contribution in [1.82, 2.24) is 9.97 Å². The number of fused-ring (bicyclic) bond motifs is 1. The molecule has 98 valence electrons. The molecule has 0 unspecified atom stereocenters. The first-order valence-corrected chi connectivity index (χ1v) is 6.38. The highest BCUT2D eigenvalue weighted by atomic mass is 16.3. The van der Waals surface area contributed by atoms with E-state index in [1.54, 1.807) is 0 Å². The second kappa shape index (κ2) is 4.42. The van der Waals surface area contributed by atoms with Crippen LogP contribution >= 0.6 is 0 Å². The average molecular weight is 257 g/mol. The Balaban J connectivity index is 2.08. The summed E-state index contributed by atoms with van der Waals surface area (Å²) in [6, 6.07) is 8.01. The van der Waals surface area contributed by atoms with Gasteiger partial charge in [0, 0.05) is 12.2 Å². The van der Waals surface area contributed by atoms with Crippen molar-refractivity contribution < 1.29 is 5.11 Å². The van der Waals surface area contributed by atoms with Gasteiger partial charge in [0.1, 0.15) is 0 Å². The fourth-order valence-electron chi connectivity index (χ4n) is 2.48. The summed E-state index contributed by atoms with van der Waals surface area (Å²) in [5.74, 6) is 0.232. The number of benzene rings is 1. The number of hydrogen-bond acceptors (Lipinski definition) is 4. The largest absolute Gasteiger partial charge is 0.493 e. The van der Waals surface area contributed by atoms with Gasteiger partial charge in [-0.3, -0.25) is 9.78 Å².